The van der Waals surface area contributed by atoms with Gasteiger partial charge >= 0.3 is 6.18 Å². The van der Waals surface area contributed by atoms with Gasteiger partial charge in [0.15, 0.2) is 5.78 Å². The van der Waals surface area contributed by atoms with Gasteiger partial charge in [0, 0.05) is 18.1 Å². The number of ketones is 2. The largest absolute Gasteiger partial charge is 0.416 e. The standard InChI is InChI=1S/C19H13F3N2O5/c20-19(21,22)12-4-5-14(16(7-12)24(28)29)18(27)11-3-1-2-10(6-11)15-8-13(25)9-17(26)23-15/h1-7,15H,8-9H2,(H,23,26). The van der Waals surface area contributed by atoms with Crippen molar-refractivity contribution in [2.45, 2.75) is 25.1 Å². The number of halogens is 3. The van der Waals surface area contributed by atoms with Crippen molar-refractivity contribution in [2.24, 2.45) is 0 Å². The molecule has 1 atom stereocenters. The fraction of sp³-hybridized carbons (Fsp3) is 0.211. The van der Waals surface area contributed by atoms with Crippen molar-refractivity contribution in [3.63, 3.8) is 0 Å². The number of benzene rings is 2. The number of nitro groups is 1. The van der Waals surface area contributed by atoms with E-state index in [1.54, 1.807) is 6.07 Å². The minimum absolute atomic E-state index is 0.0161. The molecule has 1 heterocycles. The van der Waals surface area contributed by atoms with Crippen LogP contribution < -0.4 is 5.32 Å². The number of nitrogens with one attached hydrogen (secondary N) is 1. The molecule has 1 aliphatic rings. The third kappa shape index (κ3) is 4.31. The van der Waals surface area contributed by atoms with E-state index in [-0.39, 0.29) is 24.2 Å². The monoisotopic (exact) mass is 406 g/mol. The van der Waals surface area contributed by atoms with Gasteiger partial charge in [-0.15, -0.1) is 0 Å². The first-order valence-electron chi connectivity index (χ1n) is 8.37. The average Bonchev–Trinajstić information content (AvgIpc) is 2.65. The molecule has 0 radical (unpaired) electrons. The van der Waals surface area contributed by atoms with E-state index < -0.39 is 45.6 Å². The second kappa shape index (κ2) is 7.46. The van der Waals surface area contributed by atoms with Crippen molar-refractivity contribution >= 4 is 23.2 Å². The quantitative estimate of drug-likeness (QED) is 0.363. The maximum atomic E-state index is 12.8. The maximum absolute atomic E-state index is 12.8. The Bertz CT molecular complexity index is 1020. The number of alkyl halides is 3. The molecule has 1 N–H and O–H groups in total. The van der Waals surface area contributed by atoms with Gasteiger partial charge in [-0.05, 0) is 23.8 Å². The van der Waals surface area contributed by atoms with Crippen molar-refractivity contribution < 1.29 is 32.5 Å². The second-order valence-electron chi connectivity index (χ2n) is 6.48. The number of amides is 1. The van der Waals surface area contributed by atoms with Gasteiger partial charge in [0.25, 0.3) is 5.69 Å². The number of piperidine rings is 1. The minimum Gasteiger partial charge on any atom is -0.348 e. The Morgan fingerprint density at radius 3 is 2.48 bits per heavy atom. The van der Waals surface area contributed by atoms with Gasteiger partial charge in [-0.2, -0.15) is 13.2 Å². The van der Waals surface area contributed by atoms with Crippen molar-refractivity contribution in [3.05, 3.63) is 74.8 Å². The average molecular weight is 406 g/mol. The molecule has 1 fully saturated rings. The lowest BCUT2D eigenvalue weighted by atomic mass is 9.93. The SMILES string of the molecule is O=C1CC(=O)NC(c2cccc(C(=O)c3ccc(C(F)(F)F)cc3[N+](=O)[O-])c2)C1. The molecule has 0 aromatic heterocycles. The van der Waals surface area contributed by atoms with Crippen LogP contribution in [0.15, 0.2) is 42.5 Å². The van der Waals surface area contributed by atoms with Gasteiger partial charge in [-0.25, -0.2) is 0 Å². The van der Waals surface area contributed by atoms with Crippen molar-refractivity contribution in [2.75, 3.05) is 0 Å². The van der Waals surface area contributed by atoms with Crippen LogP contribution in [0.5, 0.6) is 0 Å². The number of carbonyl (C=O) groups is 3. The summed E-state index contributed by atoms with van der Waals surface area (Å²) in [5, 5.41) is 13.8. The lowest BCUT2D eigenvalue weighted by molar-refractivity contribution is -0.385. The minimum atomic E-state index is -4.79. The molecule has 0 spiro atoms. The van der Waals surface area contributed by atoms with Crippen molar-refractivity contribution in [3.8, 4) is 0 Å². The predicted molar refractivity (Wildman–Crippen MR) is 93.1 cm³/mol. The van der Waals surface area contributed by atoms with E-state index in [1.165, 1.54) is 18.2 Å². The number of nitro benzene ring substituents is 1. The highest BCUT2D eigenvalue weighted by atomic mass is 19.4. The number of nitrogens with zero attached hydrogens (tertiary/aromatic N) is 1. The lowest BCUT2D eigenvalue weighted by Gasteiger charge is -2.23. The summed E-state index contributed by atoms with van der Waals surface area (Å²) in [5.41, 5.74) is -2.28. The summed E-state index contributed by atoms with van der Waals surface area (Å²) in [4.78, 5) is 46.1. The van der Waals surface area contributed by atoms with Crippen molar-refractivity contribution in [1.82, 2.24) is 5.32 Å². The Balaban J connectivity index is 1.98. The summed E-state index contributed by atoms with van der Waals surface area (Å²) in [5.74, 6) is -1.57. The number of carbonyl (C=O) groups excluding carboxylic acids is 3. The molecule has 2 aromatic carbocycles. The molecular formula is C19H13F3N2O5. The summed E-state index contributed by atoms with van der Waals surface area (Å²) < 4.78 is 38.5. The van der Waals surface area contributed by atoms with Crippen molar-refractivity contribution in [1.29, 1.82) is 0 Å². The fourth-order valence-electron chi connectivity index (χ4n) is 3.08. The van der Waals surface area contributed by atoms with Gasteiger partial charge in [-0.3, -0.25) is 24.5 Å². The Kier molecular flexibility index (Phi) is 5.19. The first-order chi connectivity index (χ1) is 13.6. The number of rotatable bonds is 4. The van der Waals surface area contributed by atoms with Gasteiger partial charge in [0.1, 0.15) is 11.3 Å². The fourth-order valence-corrected chi connectivity index (χ4v) is 3.08. The summed E-state index contributed by atoms with van der Waals surface area (Å²) in [6, 6.07) is 6.76. The van der Waals surface area contributed by atoms with E-state index in [2.05, 4.69) is 5.32 Å². The highest BCUT2D eigenvalue weighted by molar-refractivity contribution is 6.11. The summed E-state index contributed by atoms with van der Waals surface area (Å²) in [7, 11) is 0. The van der Waals surface area contributed by atoms with E-state index in [9.17, 15) is 37.7 Å². The molecule has 1 saturated heterocycles. The predicted octanol–water partition coefficient (Wildman–Crippen LogP) is 3.36. The van der Waals surface area contributed by atoms with Gasteiger partial charge < -0.3 is 5.32 Å². The van der Waals surface area contributed by atoms with Crippen LogP contribution >= 0.6 is 0 Å². The zero-order chi connectivity index (χ0) is 21.3. The van der Waals surface area contributed by atoms with E-state index in [4.69, 9.17) is 0 Å². The first kappa shape index (κ1) is 20.2. The van der Waals surface area contributed by atoms with Gasteiger partial charge in [0.2, 0.25) is 5.91 Å². The molecule has 2 aromatic rings. The second-order valence-corrected chi connectivity index (χ2v) is 6.48. The molecular weight excluding hydrogens is 393 g/mol. The smallest absolute Gasteiger partial charge is 0.348 e. The number of hydrogen-bond donors (Lipinski definition) is 1. The van der Waals surface area contributed by atoms with E-state index in [0.29, 0.717) is 17.7 Å². The van der Waals surface area contributed by atoms with Crippen LogP contribution in [0.3, 0.4) is 0 Å². The zero-order valence-electron chi connectivity index (χ0n) is 14.7. The Labute approximate surface area is 161 Å². The Hall–Kier alpha value is -3.56. The highest BCUT2D eigenvalue weighted by Gasteiger charge is 2.34. The molecule has 1 amide bonds. The molecule has 1 unspecified atom stereocenters. The van der Waals surface area contributed by atoms with E-state index >= 15 is 0 Å². The van der Waals surface area contributed by atoms with Crippen LogP contribution in [-0.4, -0.2) is 22.4 Å². The molecule has 10 heteroatoms. The summed E-state index contributed by atoms with van der Waals surface area (Å²) in [6.45, 7) is 0. The number of hydrogen-bond acceptors (Lipinski definition) is 5. The Morgan fingerprint density at radius 2 is 1.86 bits per heavy atom. The Morgan fingerprint density at radius 1 is 1.14 bits per heavy atom. The van der Waals surface area contributed by atoms with Crippen LogP contribution in [0, 0.1) is 10.1 Å². The van der Waals surface area contributed by atoms with E-state index in [1.807, 2.05) is 0 Å². The van der Waals surface area contributed by atoms with Gasteiger partial charge in [-0.1, -0.05) is 18.2 Å². The normalized spacial score (nSPS) is 17.0. The third-order valence-electron chi connectivity index (χ3n) is 4.44. The first-order valence-corrected chi connectivity index (χ1v) is 8.37. The van der Waals surface area contributed by atoms with Crippen LogP contribution in [-0.2, 0) is 15.8 Å². The molecule has 0 saturated carbocycles. The highest BCUT2D eigenvalue weighted by Crippen LogP contribution is 2.34. The molecule has 0 aliphatic carbocycles. The summed E-state index contributed by atoms with van der Waals surface area (Å²) in [6.07, 6.45) is -4.99. The van der Waals surface area contributed by atoms with Crippen LogP contribution in [0.1, 0.15) is 45.9 Å². The van der Waals surface area contributed by atoms with Gasteiger partial charge in [0.05, 0.1) is 22.9 Å². The lowest BCUT2D eigenvalue weighted by Crippen LogP contribution is -2.36. The molecule has 1 aliphatic heterocycles. The molecule has 3 rings (SSSR count). The summed E-state index contributed by atoms with van der Waals surface area (Å²) >= 11 is 0. The topological polar surface area (TPSA) is 106 Å². The molecule has 29 heavy (non-hydrogen) atoms. The van der Waals surface area contributed by atoms with E-state index in [0.717, 1.165) is 6.07 Å². The number of Topliss-reactive ketones (excluding diaryl/α,β-unsaturated/α-hetero) is 1. The zero-order valence-corrected chi connectivity index (χ0v) is 14.7. The van der Waals surface area contributed by atoms with Crippen LogP contribution in [0.2, 0.25) is 0 Å². The molecule has 0 bridgehead atoms. The molecule has 150 valence electrons. The third-order valence-corrected chi connectivity index (χ3v) is 4.44. The van der Waals surface area contributed by atoms with Crippen LogP contribution in [0.4, 0.5) is 18.9 Å². The van der Waals surface area contributed by atoms with Crippen LogP contribution in [0.25, 0.3) is 0 Å². The maximum Gasteiger partial charge on any atom is 0.416 e. The molecule has 7 nitrogen and oxygen atoms in total.